The molecule has 0 aliphatic rings. The van der Waals surface area contributed by atoms with Crippen LogP contribution in [0.25, 0.3) is 0 Å². The van der Waals surface area contributed by atoms with Crippen molar-refractivity contribution in [3.05, 3.63) is 58.6 Å². The van der Waals surface area contributed by atoms with E-state index in [1.54, 1.807) is 30.3 Å². The second-order valence-electron chi connectivity index (χ2n) is 6.19. The van der Waals surface area contributed by atoms with E-state index >= 15 is 0 Å². The molecule has 0 fully saturated rings. The molecule has 4 N–H and O–H groups in total. The van der Waals surface area contributed by atoms with Crippen LogP contribution in [-0.4, -0.2) is 29.4 Å². The van der Waals surface area contributed by atoms with Gasteiger partial charge in [0, 0.05) is 18.5 Å². The molecule has 0 spiro atoms. The van der Waals surface area contributed by atoms with Crippen molar-refractivity contribution in [3.8, 4) is 5.75 Å². The highest BCUT2D eigenvalue weighted by molar-refractivity contribution is 9.10. The molecule has 0 heterocycles. The fourth-order valence-electron chi connectivity index (χ4n) is 2.22. The Morgan fingerprint density at radius 3 is 2.37 bits per heavy atom. The molecule has 2 aromatic rings. The minimum Gasteiger partial charge on any atom is -0.483 e. The topological polar surface area (TPSA) is 109 Å². The highest BCUT2D eigenvalue weighted by atomic mass is 79.9. The maximum atomic E-state index is 11.9. The number of amides is 3. The standard InChI is InChI=1S/C20H21BrN4O4S/c1-13-7-8-16(15(21)11-13)29-12-19(28)23-20(30)25-24-18(27)10-9-17(26)22-14-5-3-2-4-6-14/h2-8,11H,9-10,12H2,1H3,(H,22,26)(H,24,27)(H2,23,25,28,30). The number of halogens is 1. The van der Waals surface area contributed by atoms with Gasteiger partial charge in [0.1, 0.15) is 5.75 Å². The van der Waals surface area contributed by atoms with E-state index in [1.165, 1.54) is 0 Å². The maximum absolute atomic E-state index is 11.9. The Balaban J connectivity index is 1.62. The van der Waals surface area contributed by atoms with E-state index in [-0.39, 0.29) is 30.5 Å². The van der Waals surface area contributed by atoms with Crippen LogP contribution in [-0.2, 0) is 14.4 Å². The van der Waals surface area contributed by atoms with Crippen LogP contribution in [0, 0.1) is 6.92 Å². The number of para-hydroxylation sites is 1. The Labute approximate surface area is 187 Å². The van der Waals surface area contributed by atoms with Gasteiger partial charge in [0.05, 0.1) is 4.47 Å². The summed E-state index contributed by atoms with van der Waals surface area (Å²) in [6.45, 7) is 1.69. The number of aryl methyl sites for hydroxylation is 1. The first-order valence-electron chi connectivity index (χ1n) is 8.96. The SMILES string of the molecule is Cc1ccc(OCC(=O)NC(=S)NNC(=O)CCC(=O)Nc2ccccc2)c(Br)c1. The molecule has 30 heavy (non-hydrogen) atoms. The van der Waals surface area contributed by atoms with Crippen molar-refractivity contribution in [2.75, 3.05) is 11.9 Å². The minimum atomic E-state index is -0.489. The Morgan fingerprint density at radius 1 is 0.967 bits per heavy atom. The zero-order chi connectivity index (χ0) is 21.9. The van der Waals surface area contributed by atoms with Gasteiger partial charge in [-0.3, -0.25) is 30.6 Å². The van der Waals surface area contributed by atoms with E-state index in [1.807, 2.05) is 25.1 Å². The lowest BCUT2D eigenvalue weighted by Crippen LogP contribution is -2.49. The van der Waals surface area contributed by atoms with Gasteiger partial charge in [0.25, 0.3) is 5.91 Å². The van der Waals surface area contributed by atoms with Crippen molar-refractivity contribution in [2.45, 2.75) is 19.8 Å². The number of benzene rings is 2. The zero-order valence-corrected chi connectivity index (χ0v) is 18.6. The maximum Gasteiger partial charge on any atom is 0.264 e. The molecule has 0 aromatic heterocycles. The molecule has 0 saturated heterocycles. The van der Waals surface area contributed by atoms with Gasteiger partial charge in [-0.25, -0.2) is 0 Å². The molecule has 2 rings (SSSR count). The number of nitrogens with one attached hydrogen (secondary N) is 4. The quantitative estimate of drug-likeness (QED) is 0.349. The lowest BCUT2D eigenvalue weighted by atomic mass is 10.2. The average molecular weight is 493 g/mol. The third-order valence-electron chi connectivity index (χ3n) is 3.65. The monoisotopic (exact) mass is 492 g/mol. The molecule has 0 saturated carbocycles. The normalized spacial score (nSPS) is 9.93. The van der Waals surface area contributed by atoms with Crippen LogP contribution in [0.1, 0.15) is 18.4 Å². The van der Waals surface area contributed by atoms with Crippen molar-refractivity contribution in [2.24, 2.45) is 0 Å². The molecule has 2 aromatic carbocycles. The minimum absolute atomic E-state index is 0.000790. The second kappa shape index (κ2) is 11.9. The van der Waals surface area contributed by atoms with Crippen LogP contribution in [0.4, 0.5) is 5.69 Å². The largest absolute Gasteiger partial charge is 0.483 e. The summed E-state index contributed by atoms with van der Waals surface area (Å²) in [5.41, 5.74) is 6.44. The number of anilines is 1. The number of hydrazine groups is 1. The molecule has 0 aliphatic heterocycles. The summed E-state index contributed by atoms with van der Waals surface area (Å²) in [5, 5.41) is 4.98. The average Bonchev–Trinajstić information content (AvgIpc) is 2.71. The summed E-state index contributed by atoms with van der Waals surface area (Å²) >= 11 is 8.30. The van der Waals surface area contributed by atoms with Gasteiger partial charge in [-0.15, -0.1) is 0 Å². The molecule has 0 atom stereocenters. The summed E-state index contributed by atoms with van der Waals surface area (Å²) in [4.78, 5) is 35.5. The van der Waals surface area contributed by atoms with E-state index in [9.17, 15) is 14.4 Å². The van der Waals surface area contributed by atoms with Gasteiger partial charge in [0.15, 0.2) is 11.7 Å². The van der Waals surface area contributed by atoms with Gasteiger partial charge in [-0.05, 0) is 64.9 Å². The van der Waals surface area contributed by atoms with E-state index in [4.69, 9.17) is 17.0 Å². The predicted octanol–water partition coefficient (Wildman–Crippen LogP) is 2.58. The molecule has 8 nitrogen and oxygen atoms in total. The number of rotatable bonds is 7. The van der Waals surface area contributed by atoms with Crippen LogP contribution >= 0.6 is 28.1 Å². The van der Waals surface area contributed by atoms with Gasteiger partial charge < -0.3 is 10.1 Å². The summed E-state index contributed by atoms with van der Waals surface area (Å²) in [6, 6.07) is 14.4. The Kier molecular flexibility index (Phi) is 9.23. The Morgan fingerprint density at radius 2 is 1.67 bits per heavy atom. The number of carbonyl (C=O) groups excluding carboxylic acids is 3. The van der Waals surface area contributed by atoms with E-state index in [2.05, 4.69) is 37.4 Å². The van der Waals surface area contributed by atoms with Crippen LogP contribution in [0.5, 0.6) is 5.75 Å². The molecule has 0 unspecified atom stereocenters. The number of ether oxygens (including phenoxy) is 1. The van der Waals surface area contributed by atoms with Crippen molar-refractivity contribution >= 4 is 56.7 Å². The van der Waals surface area contributed by atoms with Crippen molar-refractivity contribution < 1.29 is 19.1 Å². The molecule has 3 amide bonds. The summed E-state index contributed by atoms with van der Waals surface area (Å²) in [7, 11) is 0. The van der Waals surface area contributed by atoms with Gasteiger partial charge in [-0.1, -0.05) is 24.3 Å². The number of hydrogen-bond donors (Lipinski definition) is 4. The van der Waals surface area contributed by atoms with Crippen LogP contribution < -0.4 is 26.2 Å². The molecular weight excluding hydrogens is 472 g/mol. The fourth-order valence-corrected chi connectivity index (χ4v) is 2.99. The highest BCUT2D eigenvalue weighted by Gasteiger charge is 2.10. The Hall–Kier alpha value is -2.98. The van der Waals surface area contributed by atoms with Crippen LogP contribution in [0.15, 0.2) is 53.0 Å². The summed E-state index contributed by atoms with van der Waals surface area (Å²) < 4.78 is 6.15. The lowest BCUT2D eigenvalue weighted by molar-refractivity contribution is -0.125. The summed E-state index contributed by atoms with van der Waals surface area (Å²) in [5.74, 6) is -0.700. The molecular formula is C20H21BrN4O4S. The number of hydrogen-bond acceptors (Lipinski definition) is 5. The molecule has 0 radical (unpaired) electrons. The van der Waals surface area contributed by atoms with Crippen LogP contribution in [0.3, 0.4) is 0 Å². The Bertz CT molecular complexity index is 924. The van der Waals surface area contributed by atoms with Gasteiger partial charge in [-0.2, -0.15) is 0 Å². The fraction of sp³-hybridized carbons (Fsp3) is 0.200. The molecule has 0 aliphatic carbocycles. The van der Waals surface area contributed by atoms with E-state index < -0.39 is 11.8 Å². The van der Waals surface area contributed by atoms with Gasteiger partial charge >= 0.3 is 0 Å². The third-order valence-corrected chi connectivity index (χ3v) is 4.48. The first-order valence-corrected chi connectivity index (χ1v) is 10.2. The zero-order valence-electron chi connectivity index (χ0n) is 16.2. The van der Waals surface area contributed by atoms with Crippen LogP contribution in [0.2, 0.25) is 0 Å². The van der Waals surface area contributed by atoms with Crippen molar-refractivity contribution in [3.63, 3.8) is 0 Å². The summed E-state index contributed by atoms with van der Waals surface area (Å²) in [6.07, 6.45) is -0.0480. The van der Waals surface area contributed by atoms with Gasteiger partial charge in [0.2, 0.25) is 11.8 Å². The third kappa shape index (κ3) is 8.58. The van der Waals surface area contributed by atoms with Crippen molar-refractivity contribution in [1.82, 2.24) is 16.2 Å². The number of carbonyl (C=O) groups is 3. The first-order chi connectivity index (χ1) is 14.3. The van der Waals surface area contributed by atoms with Crippen molar-refractivity contribution in [1.29, 1.82) is 0 Å². The predicted molar refractivity (Wildman–Crippen MR) is 121 cm³/mol. The molecule has 158 valence electrons. The van der Waals surface area contributed by atoms with E-state index in [0.717, 1.165) is 10.0 Å². The lowest BCUT2D eigenvalue weighted by Gasteiger charge is -2.12. The first kappa shape index (κ1) is 23.3. The molecule has 0 bridgehead atoms. The second-order valence-corrected chi connectivity index (χ2v) is 7.45. The number of thiocarbonyl (C=S) groups is 1. The molecule has 10 heteroatoms. The van der Waals surface area contributed by atoms with E-state index in [0.29, 0.717) is 11.4 Å². The smallest absolute Gasteiger partial charge is 0.264 e. The highest BCUT2D eigenvalue weighted by Crippen LogP contribution is 2.25.